The average Bonchev–Trinajstić information content (AvgIpc) is 2.62. The van der Waals surface area contributed by atoms with Crippen molar-refractivity contribution in [3.8, 4) is 11.3 Å². The van der Waals surface area contributed by atoms with Gasteiger partial charge in [-0.15, -0.1) is 0 Å². The van der Waals surface area contributed by atoms with Crippen molar-refractivity contribution in [1.82, 2.24) is 9.55 Å². The lowest BCUT2D eigenvalue weighted by Gasteiger charge is -2.10. The quantitative estimate of drug-likeness (QED) is 0.713. The molecule has 8 heteroatoms. The summed E-state index contributed by atoms with van der Waals surface area (Å²) >= 11 is 0. The standard InChI is InChI=1S/C21H18F3N3O2/c1-13-7-14(2)9-17(8-13)26-19(28)11-27-12-25-18(10-20(27)29)15-3-5-16(6-4-15)21(22,23)24/h3-10,12H,11H2,1-2H3,(H,26,28). The van der Waals surface area contributed by atoms with Crippen molar-refractivity contribution in [3.63, 3.8) is 0 Å². The van der Waals surface area contributed by atoms with Gasteiger partial charge in [-0.1, -0.05) is 18.2 Å². The first-order valence-electron chi connectivity index (χ1n) is 8.74. The van der Waals surface area contributed by atoms with Crippen molar-refractivity contribution in [2.24, 2.45) is 0 Å². The van der Waals surface area contributed by atoms with Crippen LogP contribution in [0.2, 0.25) is 0 Å². The third-order valence-electron chi connectivity index (χ3n) is 4.21. The number of benzene rings is 2. The monoisotopic (exact) mass is 401 g/mol. The molecule has 0 saturated heterocycles. The first-order chi connectivity index (χ1) is 13.6. The van der Waals surface area contributed by atoms with E-state index in [9.17, 15) is 22.8 Å². The van der Waals surface area contributed by atoms with Crippen LogP contribution in [0.3, 0.4) is 0 Å². The van der Waals surface area contributed by atoms with E-state index in [4.69, 9.17) is 0 Å². The normalized spacial score (nSPS) is 11.3. The van der Waals surface area contributed by atoms with Gasteiger partial charge in [0.25, 0.3) is 5.56 Å². The van der Waals surface area contributed by atoms with Gasteiger partial charge in [0.05, 0.1) is 17.6 Å². The van der Waals surface area contributed by atoms with Crippen LogP contribution in [0.1, 0.15) is 16.7 Å². The predicted octanol–water partition coefficient (Wildman–Crippen LogP) is 4.18. The summed E-state index contributed by atoms with van der Waals surface area (Å²) in [5, 5.41) is 2.73. The van der Waals surface area contributed by atoms with Gasteiger partial charge in [0.2, 0.25) is 5.91 Å². The summed E-state index contributed by atoms with van der Waals surface area (Å²) < 4.78 is 39.1. The number of carbonyl (C=O) groups is 1. The lowest BCUT2D eigenvalue weighted by molar-refractivity contribution is -0.137. The molecule has 3 rings (SSSR count). The summed E-state index contributed by atoms with van der Waals surface area (Å²) in [7, 11) is 0. The fourth-order valence-corrected chi connectivity index (χ4v) is 2.93. The molecule has 1 heterocycles. The fraction of sp³-hybridized carbons (Fsp3) is 0.190. The number of halogens is 3. The summed E-state index contributed by atoms with van der Waals surface area (Å²) in [6, 6.07) is 11.2. The van der Waals surface area contributed by atoms with Crippen LogP contribution >= 0.6 is 0 Å². The van der Waals surface area contributed by atoms with Gasteiger partial charge in [0, 0.05) is 17.3 Å². The zero-order chi connectivity index (χ0) is 21.2. The number of anilines is 1. The van der Waals surface area contributed by atoms with Crippen molar-refractivity contribution in [2.75, 3.05) is 5.32 Å². The van der Waals surface area contributed by atoms with Crippen LogP contribution in [0.5, 0.6) is 0 Å². The van der Waals surface area contributed by atoms with Gasteiger partial charge in [0.15, 0.2) is 0 Å². The van der Waals surface area contributed by atoms with E-state index in [1.165, 1.54) is 24.5 Å². The molecule has 29 heavy (non-hydrogen) atoms. The molecule has 2 aromatic carbocycles. The second-order valence-electron chi connectivity index (χ2n) is 6.74. The molecule has 0 radical (unpaired) electrons. The number of aromatic nitrogens is 2. The Bertz CT molecular complexity index is 1080. The Hall–Kier alpha value is -3.42. The molecule has 150 valence electrons. The number of hydrogen-bond donors (Lipinski definition) is 1. The maximum absolute atomic E-state index is 12.7. The van der Waals surface area contributed by atoms with Crippen LogP contribution in [-0.4, -0.2) is 15.5 Å². The average molecular weight is 401 g/mol. The van der Waals surface area contributed by atoms with Crippen LogP contribution in [0.25, 0.3) is 11.3 Å². The first-order valence-corrected chi connectivity index (χ1v) is 8.74. The van der Waals surface area contributed by atoms with Gasteiger partial charge in [-0.2, -0.15) is 13.2 Å². The molecule has 1 N–H and O–H groups in total. The van der Waals surface area contributed by atoms with Crippen molar-refractivity contribution < 1.29 is 18.0 Å². The molecule has 0 bridgehead atoms. The van der Waals surface area contributed by atoms with Gasteiger partial charge in [0.1, 0.15) is 6.54 Å². The molecule has 0 spiro atoms. The number of amides is 1. The SMILES string of the molecule is Cc1cc(C)cc(NC(=O)Cn2cnc(-c3ccc(C(F)(F)F)cc3)cc2=O)c1. The molecule has 0 aliphatic heterocycles. The molecule has 5 nitrogen and oxygen atoms in total. The third kappa shape index (κ3) is 5.10. The minimum absolute atomic E-state index is 0.230. The molecule has 3 aromatic rings. The molecule has 1 amide bonds. The summed E-state index contributed by atoms with van der Waals surface area (Å²) in [6.45, 7) is 3.60. The van der Waals surface area contributed by atoms with Crippen LogP contribution in [0.15, 0.2) is 59.7 Å². The van der Waals surface area contributed by atoms with E-state index < -0.39 is 17.3 Å². The molecular weight excluding hydrogens is 383 g/mol. The molecule has 0 aliphatic carbocycles. The minimum Gasteiger partial charge on any atom is -0.325 e. The Labute approximate surface area is 164 Å². The van der Waals surface area contributed by atoms with E-state index in [0.29, 0.717) is 11.3 Å². The number of hydrogen-bond acceptors (Lipinski definition) is 3. The van der Waals surface area contributed by atoms with E-state index in [1.807, 2.05) is 32.0 Å². The van der Waals surface area contributed by atoms with E-state index in [0.717, 1.165) is 27.8 Å². The number of rotatable bonds is 4. The minimum atomic E-state index is -4.43. The molecular formula is C21H18F3N3O2. The molecule has 0 fully saturated rings. The number of aryl methyl sites for hydroxylation is 2. The second-order valence-corrected chi connectivity index (χ2v) is 6.74. The maximum Gasteiger partial charge on any atom is 0.416 e. The number of alkyl halides is 3. The molecule has 1 aromatic heterocycles. The number of nitrogens with zero attached hydrogens (tertiary/aromatic N) is 2. The largest absolute Gasteiger partial charge is 0.416 e. The topological polar surface area (TPSA) is 64.0 Å². The lowest BCUT2D eigenvalue weighted by Crippen LogP contribution is -2.27. The Morgan fingerprint density at radius 2 is 1.66 bits per heavy atom. The zero-order valence-electron chi connectivity index (χ0n) is 15.7. The summed E-state index contributed by atoms with van der Waals surface area (Å²) in [5.41, 5.74) is 1.98. The van der Waals surface area contributed by atoms with Gasteiger partial charge >= 0.3 is 6.18 Å². The van der Waals surface area contributed by atoms with E-state index in [-0.39, 0.29) is 18.1 Å². The van der Waals surface area contributed by atoms with E-state index in [2.05, 4.69) is 10.3 Å². The van der Waals surface area contributed by atoms with Gasteiger partial charge < -0.3 is 5.32 Å². The van der Waals surface area contributed by atoms with Crippen LogP contribution in [0.4, 0.5) is 18.9 Å². The molecule has 0 aliphatic rings. The van der Waals surface area contributed by atoms with Crippen LogP contribution < -0.4 is 10.9 Å². The van der Waals surface area contributed by atoms with Crippen LogP contribution in [-0.2, 0) is 17.5 Å². The Morgan fingerprint density at radius 1 is 1.03 bits per heavy atom. The highest BCUT2D eigenvalue weighted by Gasteiger charge is 2.30. The number of carbonyl (C=O) groups excluding carboxylic acids is 1. The van der Waals surface area contributed by atoms with Crippen molar-refractivity contribution in [1.29, 1.82) is 0 Å². The van der Waals surface area contributed by atoms with Crippen LogP contribution in [0, 0.1) is 13.8 Å². The summed E-state index contributed by atoms with van der Waals surface area (Å²) in [4.78, 5) is 28.6. The third-order valence-corrected chi connectivity index (χ3v) is 4.21. The highest BCUT2D eigenvalue weighted by Crippen LogP contribution is 2.30. The molecule has 0 saturated carbocycles. The van der Waals surface area contributed by atoms with E-state index in [1.54, 1.807) is 0 Å². The summed E-state index contributed by atoms with van der Waals surface area (Å²) in [5.74, 6) is -0.388. The lowest BCUT2D eigenvalue weighted by atomic mass is 10.1. The Kier molecular flexibility index (Phi) is 5.54. The summed E-state index contributed by atoms with van der Waals surface area (Å²) in [6.07, 6.45) is -3.23. The molecule has 0 atom stereocenters. The Balaban J connectivity index is 1.74. The van der Waals surface area contributed by atoms with E-state index >= 15 is 0 Å². The molecule has 0 unspecified atom stereocenters. The van der Waals surface area contributed by atoms with Crippen molar-refractivity contribution >= 4 is 11.6 Å². The first kappa shape index (κ1) is 20.3. The predicted molar refractivity (Wildman–Crippen MR) is 103 cm³/mol. The van der Waals surface area contributed by atoms with Gasteiger partial charge in [-0.25, -0.2) is 4.98 Å². The number of nitrogens with one attached hydrogen (secondary N) is 1. The fourth-order valence-electron chi connectivity index (χ4n) is 2.93. The zero-order valence-corrected chi connectivity index (χ0v) is 15.7. The highest BCUT2D eigenvalue weighted by molar-refractivity contribution is 5.90. The van der Waals surface area contributed by atoms with Crippen molar-refractivity contribution in [2.45, 2.75) is 26.6 Å². The second kappa shape index (κ2) is 7.90. The van der Waals surface area contributed by atoms with Gasteiger partial charge in [-0.05, 0) is 49.2 Å². The smallest absolute Gasteiger partial charge is 0.325 e. The van der Waals surface area contributed by atoms with Crippen molar-refractivity contribution in [3.05, 3.63) is 81.9 Å². The Morgan fingerprint density at radius 3 is 2.21 bits per heavy atom. The highest BCUT2D eigenvalue weighted by atomic mass is 19.4. The maximum atomic E-state index is 12.7. The van der Waals surface area contributed by atoms with Gasteiger partial charge in [-0.3, -0.25) is 14.2 Å².